The minimum Gasteiger partial charge on any atom is -0.310 e. The Balaban J connectivity index is 1.24. The fourth-order valence-corrected chi connectivity index (χ4v) is 8.60. The maximum absolute atomic E-state index is 2.48. The molecule has 9 aromatic carbocycles. The van der Waals surface area contributed by atoms with Crippen molar-refractivity contribution in [1.29, 1.82) is 0 Å². The molecule has 1 nitrogen and oxygen atoms in total. The van der Waals surface area contributed by atoms with Gasteiger partial charge >= 0.3 is 0 Å². The zero-order chi connectivity index (χ0) is 33.4. The fraction of sp³-hybridized carbons (Fsp3) is 0.0612. The van der Waals surface area contributed by atoms with E-state index in [9.17, 15) is 0 Å². The highest BCUT2D eigenvalue weighted by Gasteiger charge is 2.37. The van der Waals surface area contributed by atoms with Gasteiger partial charge in [0, 0.05) is 22.4 Å². The van der Waals surface area contributed by atoms with Crippen LogP contribution < -0.4 is 4.90 Å². The summed E-state index contributed by atoms with van der Waals surface area (Å²) in [4.78, 5) is 2.48. The van der Waals surface area contributed by atoms with Crippen LogP contribution in [0, 0.1) is 0 Å². The first-order valence-electron chi connectivity index (χ1n) is 17.5. The molecule has 0 amide bonds. The summed E-state index contributed by atoms with van der Waals surface area (Å²) in [5.74, 6) is 0. The van der Waals surface area contributed by atoms with E-state index < -0.39 is 0 Å². The molecule has 10 rings (SSSR count). The van der Waals surface area contributed by atoms with Gasteiger partial charge in [-0.2, -0.15) is 0 Å². The smallest absolute Gasteiger partial charge is 0.0543 e. The van der Waals surface area contributed by atoms with Gasteiger partial charge in [0.1, 0.15) is 0 Å². The molecule has 0 aliphatic heterocycles. The summed E-state index contributed by atoms with van der Waals surface area (Å²) in [6.45, 7) is 4.72. The Morgan fingerprint density at radius 1 is 0.400 bits per heavy atom. The minimum absolute atomic E-state index is 0.0955. The van der Waals surface area contributed by atoms with Gasteiger partial charge in [-0.3, -0.25) is 0 Å². The molecule has 50 heavy (non-hydrogen) atoms. The lowest BCUT2D eigenvalue weighted by Crippen LogP contribution is -2.16. The van der Waals surface area contributed by atoms with E-state index in [4.69, 9.17) is 0 Å². The molecular weight excluding hydrogens is 603 g/mol. The first-order valence-corrected chi connectivity index (χ1v) is 17.5. The topological polar surface area (TPSA) is 3.24 Å². The summed E-state index contributed by atoms with van der Waals surface area (Å²) in [5.41, 5.74) is 11.2. The zero-order valence-electron chi connectivity index (χ0n) is 28.2. The Labute approximate surface area is 292 Å². The average Bonchev–Trinajstić information content (AvgIpc) is 3.41. The van der Waals surface area contributed by atoms with E-state index in [0.29, 0.717) is 0 Å². The fourth-order valence-electron chi connectivity index (χ4n) is 8.60. The summed E-state index contributed by atoms with van der Waals surface area (Å²) >= 11 is 0. The number of fused-ring (bicyclic) bond motifs is 9. The molecule has 0 radical (unpaired) electrons. The van der Waals surface area contributed by atoms with Crippen LogP contribution in [0.3, 0.4) is 0 Å². The third-order valence-corrected chi connectivity index (χ3v) is 11.0. The predicted octanol–water partition coefficient (Wildman–Crippen LogP) is 13.7. The van der Waals surface area contributed by atoms with Crippen molar-refractivity contribution in [2.24, 2.45) is 0 Å². The molecular formula is C49H35N. The second-order valence-electron chi connectivity index (χ2n) is 14.1. The van der Waals surface area contributed by atoms with Crippen LogP contribution >= 0.6 is 0 Å². The van der Waals surface area contributed by atoms with E-state index in [1.807, 2.05) is 0 Å². The lowest BCUT2D eigenvalue weighted by atomic mass is 9.82. The van der Waals surface area contributed by atoms with Crippen molar-refractivity contribution in [2.45, 2.75) is 19.3 Å². The molecule has 9 aromatic rings. The summed E-state index contributed by atoms with van der Waals surface area (Å²) < 4.78 is 0. The van der Waals surface area contributed by atoms with Gasteiger partial charge in [0.25, 0.3) is 0 Å². The standard InChI is InChI=1S/C49H35N/c1-49(2)44-21-8-7-19-43(44)48-45(49)22-11-23-46(48)50(37-16-9-15-35(30-37)40-20-10-14-32-12-3-5-17-39(32)40)38-28-29-42-36(31-38)27-26-34-25-24-33-13-4-6-18-41(33)47(34)42/h3-31H,1-2H3. The van der Waals surface area contributed by atoms with Gasteiger partial charge in [0.2, 0.25) is 0 Å². The molecule has 1 aliphatic rings. The van der Waals surface area contributed by atoms with Crippen LogP contribution in [0.1, 0.15) is 25.0 Å². The van der Waals surface area contributed by atoms with Crippen LogP contribution in [0.2, 0.25) is 0 Å². The molecule has 1 aliphatic carbocycles. The van der Waals surface area contributed by atoms with Crippen LogP contribution in [-0.2, 0) is 5.41 Å². The van der Waals surface area contributed by atoms with Crippen LogP contribution in [0.25, 0.3) is 65.3 Å². The quantitative estimate of drug-likeness (QED) is 0.174. The Morgan fingerprint density at radius 3 is 1.88 bits per heavy atom. The van der Waals surface area contributed by atoms with Gasteiger partial charge in [-0.05, 0) is 101 Å². The number of hydrogen-bond donors (Lipinski definition) is 0. The van der Waals surface area contributed by atoms with Gasteiger partial charge in [-0.15, -0.1) is 0 Å². The maximum Gasteiger partial charge on any atom is 0.0543 e. The molecule has 236 valence electrons. The first-order chi connectivity index (χ1) is 24.6. The van der Waals surface area contributed by atoms with E-state index in [1.165, 1.54) is 82.2 Å². The average molecular weight is 638 g/mol. The molecule has 0 spiro atoms. The molecule has 0 aromatic heterocycles. The van der Waals surface area contributed by atoms with Gasteiger partial charge in [-0.25, -0.2) is 0 Å². The molecule has 0 N–H and O–H groups in total. The maximum atomic E-state index is 2.48. The zero-order valence-corrected chi connectivity index (χ0v) is 28.2. The molecule has 0 heterocycles. The highest BCUT2D eigenvalue weighted by Crippen LogP contribution is 2.54. The second kappa shape index (κ2) is 10.9. The SMILES string of the molecule is CC1(C)c2ccccc2-c2c(N(c3cccc(-c4cccc5ccccc45)c3)c3ccc4c(ccc5ccc6ccccc6c54)c3)cccc21. The van der Waals surface area contributed by atoms with Gasteiger partial charge < -0.3 is 4.90 Å². The predicted molar refractivity (Wildman–Crippen MR) is 214 cm³/mol. The minimum atomic E-state index is -0.0955. The Kier molecular flexibility index (Phi) is 6.29. The molecule has 0 fully saturated rings. The van der Waals surface area contributed by atoms with Crippen molar-refractivity contribution >= 4 is 60.2 Å². The number of hydrogen-bond acceptors (Lipinski definition) is 1. The highest BCUT2D eigenvalue weighted by molar-refractivity contribution is 6.20. The van der Waals surface area contributed by atoms with Gasteiger partial charge in [-0.1, -0.05) is 159 Å². The Hall–Kier alpha value is -6.18. The Morgan fingerprint density at radius 2 is 1.00 bits per heavy atom. The molecule has 0 bridgehead atoms. The van der Waals surface area contributed by atoms with E-state index in [2.05, 4.69) is 195 Å². The summed E-state index contributed by atoms with van der Waals surface area (Å²) in [6, 6.07) is 65.0. The molecule has 0 atom stereocenters. The van der Waals surface area contributed by atoms with E-state index in [0.717, 1.165) is 11.4 Å². The molecule has 0 unspecified atom stereocenters. The summed E-state index contributed by atoms with van der Waals surface area (Å²) in [7, 11) is 0. The number of nitrogens with zero attached hydrogens (tertiary/aromatic N) is 1. The van der Waals surface area contributed by atoms with Crippen LogP contribution in [0.4, 0.5) is 17.1 Å². The number of anilines is 3. The third kappa shape index (κ3) is 4.27. The monoisotopic (exact) mass is 637 g/mol. The highest BCUT2D eigenvalue weighted by atomic mass is 15.1. The van der Waals surface area contributed by atoms with Crippen molar-refractivity contribution in [3.63, 3.8) is 0 Å². The van der Waals surface area contributed by atoms with Crippen molar-refractivity contribution in [1.82, 2.24) is 0 Å². The normalized spacial score (nSPS) is 13.2. The molecule has 0 saturated heterocycles. The Bertz CT molecular complexity index is 2800. The largest absolute Gasteiger partial charge is 0.310 e. The molecule has 0 saturated carbocycles. The lowest BCUT2D eigenvalue weighted by Gasteiger charge is -2.29. The lowest BCUT2D eigenvalue weighted by molar-refractivity contribution is 0.660. The van der Waals surface area contributed by atoms with Crippen molar-refractivity contribution in [2.75, 3.05) is 4.90 Å². The number of rotatable bonds is 4. The van der Waals surface area contributed by atoms with Crippen molar-refractivity contribution in [3.8, 4) is 22.3 Å². The van der Waals surface area contributed by atoms with E-state index in [1.54, 1.807) is 0 Å². The first kappa shape index (κ1) is 28.8. The van der Waals surface area contributed by atoms with E-state index in [-0.39, 0.29) is 5.41 Å². The summed E-state index contributed by atoms with van der Waals surface area (Å²) in [6.07, 6.45) is 0. The van der Waals surface area contributed by atoms with Crippen molar-refractivity contribution < 1.29 is 0 Å². The number of benzene rings is 9. The van der Waals surface area contributed by atoms with Crippen LogP contribution in [-0.4, -0.2) is 0 Å². The van der Waals surface area contributed by atoms with Crippen molar-refractivity contribution in [3.05, 3.63) is 187 Å². The van der Waals surface area contributed by atoms with E-state index >= 15 is 0 Å². The second-order valence-corrected chi connectivity index (χ2v) is 14.1. The molecule has 1 heteroatoms. The van der Waals surface area contributed by atoms with Gasteiger partial charge in [0.15, 0.2) is 0 Å². The van der Waals surface area contributed by atoms with Gasteiger partial charge in [0.05, 0.1) is 5.69 Å². The van der Waals surface area contributed by atoms with Crippen LogP contribution in [0.15, 0.2) is 176 Å². The third-order valence-electron chi connectivity index (χ3n) is 11.0. The van der Waals surface area contributed by atoms with Crippen LogP contribution in [0.5, 0.6) is 0 Å². The summed E-state index contributed by atoms with van der Waals surface area (Å²) in [5, 5.41) is 10.2.